The summed E-state index contributed by atoms with van der Waals surface area (Å²) in [7, 11) is 0. The minimum atomic E-state index is -5.72. The van der Waals surface area contributed by atoms with E-state index in [0.717, 1.165) is 35.4 Å². The first-order valence-corrected chi connectivity index (χ1v) is 11.7. The third kappa shape index (κ3) is 8.23. The van der Waals surface area contributed by atoms with Crippen molar-refractivity contribution in [3.05, 3.63) is 35.4 Å². The van der Waals surface area contributed by atoms with Crippen molar-refractivity contribution in [3.63, 3.8) is 0 Å². The summed E-state index contributed by atoms with van der Waals surface area (Å²) < 4.78 is 80.3. The summed E-state index contributed by atoms with van der Waals surface area (Å²) in [5, 5.41) is 0. The summed E-state index contributed by atoms with van der Waals surface area (Å²) in [6.07, 6.45) is -14.2. The van der Waals surface area contributed by atoms with Crippen LogP contribution >= 0.6 is 0 Å². The highest BCUT2D eigenvalue weighted by Crippen LogP contribution is 2.41. The molecule has 37 heavy (non-hydrogen) atoms. The number of alkyl halides is 6. The van der Waals surface area contributed by atoms with Crippen molar-refractivity contribution in [1.82, 2.24) is 9.80 Å². The van der Waals surface area contributed by atoms with Crippen LogP contribution in [0.5, 0.6) is 0 Å². The number of ether oxygens (including phenoxy) is 1. The normalized spacial score (nSPS) is 17.6. The Balaban J connectivity index is 0.00000153. The van der Waals surface area contributed by atoms with Crippen LogP contribution in [-0.2, 0) is 20.9 Å². The van der Waals surface area contributed by atoms with Crippen LogP contribution in [0, 0.1) is 17.8 Å². The number of nitrogens with zero attached hydrogens (tertiary/aromatic N) is 2. The van der Waals surface area contributed by atoms with E-state index < -0.39 is 24.5 Å². The molecule has 0 aromatic heterocycles. The molecular formula is C25H28F6N2O4. The van der Waals surface area contributed by atoms with E-state index in [4.69, 9.17) is 9.59 Å². The Morgan fingerprint density at radius 2 is 1.57 bits per heavy atom. The summed E-state index contributed by atoms with van der Waals surface area (Å²) >= 11 is 0. The van der Waals surface area contributed by atoms with Crippen LogP contribution in [0.25, 0.3) is 0 Å². The molecule has 2 aliphatic heterocycles. The van der Waals surface area contributed by atoms with Crippen molar-refractivity contribution < 1.29 is 45.5 Å². The van der Waals surface area contributed by atoms with Gasteiger partial charge in [0.2, 0.25) is 0 Å². The Morgan fingerprint density at radius 3 is 2.11 bits per heavy atom. The molecule has 3 rings (SSSR count). The molecule has 0 radical (unpaired) electrons. The molecule has 1 aromatic rings. The van der Waals surface area contributed by atoms with Gasteiger partial charge < -0.3 is 9.64 Å². The van der Waals surface area contributed by atoms with Crippen molar-refractivity contribution in [2.24, 2.45) is 5.92 Å². The third-order valence-electron chi connectivity index (χ3n) is 6.38. The lowest BCUT2D eigenvalue weighted by Gasteiger charge is -2.45. The number of piperidine rings is 1. The third-order valence-corrected chi connectivity index (χ3v) is 6.38. The number of likely N-dealkylation sites (tertiary alicyclic amines) is 2. The van der Waals surface area contributed by atoms with E-state index in [0.29, 0.717) is 19.4 Å². The Morgan fingerprint density at radius 1 is 1.00 bits per heavy atom. The fourth-order valence-corrected chi connectivity index (χ4v) is 4.62. The molecule has 0 unspecified atom stereocenters. The molecule has 12 heteroatoms. The molecule has 2 fully saturated rings. The molecule has 204 valence electrons. The molecule has 1 amide bonds. The monoisotopic (exact) mass is 534 g/mol. The van der Waals surface area contributed by atoms with Crippen LogP contribution in [0.1, 0.15) is 50.7 Å². The quantitative estimate of drug-likeness (QED) is 0.396. The second-order valence-electron chi connectivity index (χ2n) is 9.25. The Labute approximate surface area is 210 Å². The zero-order chi connectivity index (χ0) is 27.9. The molecule has 0 atom stereocenters. The minimum absolute atomic E-state index is 0.0343. The first-order valence-electron chi connectivity index (χ1n) is 11.7. The summed E-state index contributed by atoms with van der Waals surface area (Å²) in [6, 6.07) is 7.84. The van der Waals surface area contributed by atoms with Crippen molar-refractivity contribution in [1.29, 1.82) is 0 Å². The van der Waals surface area contributed by atoms with Crippen LogP contribution in [0.15, 0.2) is 24.3 Å². The zero-order valence-corrected chi connectivity index (χ0v) is 20.4. The van der Waals surface area contributed by atoms with Gasteiger partial charge in [0.05, 0.1) is 0 Å². The first kappa shape index (κ1) is 30.2. The second-order valence-corrected chi connectivity index (χ2v) is 9.25. The SMILES string of the molecule is CC(C)C#Cc1ccccc1CN1CCCC12CCN(C(=O)OC(C(F)(F)F)C(F)(F)F)CC2.O=C=O. The van der Waals surface area contributed by atoms with E-state index in [1.807, 2.05) is 38.1 Å². The Kier molecular flexibility index (Phi) is 10.2. The summed E-state index contributed by atoms with van der Waals surface area (Å²) in [5.74, 6) is 6.61. The van der Waals surface area contributed by atoms with E-state index in [1.54, 1.807) is 0 Å². The average Bonchev–Trinajstić information content (AvgIpc) is 3.17. The van der Waals surface area contributed by atoms with Gasteiger partial charge in [0.25, 0.3) is 6.10 Å². The lowest BCUT2D eigenvalue weighted by atomic mass is 9.84. The molecule has 0 saturated carbocycles. The molecule has 2 saturated heterocycles. The molecular weight excluding hydrogens is 506 g/mol. The van der Waals surface area contributed by atoms with Gasteiger partial charge in [-0.2, -0.15) is 35.9 Å². The molecule has 2 heterocycles. The van der Waals surface area contributed by atoms with E-state index in [-0.39, 0.29) is 30.7 Å². The van der Waals surface area contributed by atoms with Crippen molar-refractivity contribution >= 4 is 12.2 Å². The Bertz CT molecular complexity index is 1000. The van der Waals surface area contributed by atoms with Crippen molar-refractivity contribution in [3.8, 4) is 11.8 Å². The number of carbonyl (C=O) groups is 1. The number of hydrogen-bond acceptors (Lipinski definition) is 5. The summed E-state index contributed by atoms with van der Waals surface area (Å²) in [6.45, 7) is 5.54. The number of amides is 1. The largest absolute Gasteiger partial charge is 0.434 e. The van der Waals surface area contributed by atoms with Gasteiger partial charge in [-0.25, -0.2) is 4.79 Å². The zero-order valence-electron chi connectivity index (χ0n) is 20.4. The van der Waals surface area contributed by atoms with Crippen molar-refractivity contribution in [2.75, 3.05) is 19.6 Å². The van der Waals surface area contributed by atoms with E-state index in [2.05, 4.69) is 21.5 Å². The fourth-order valence-electron chi connectivity index (χ4n) is 4.62. The number of carbonyl (C=O) groups excluding carboxylic acids is 3. The van der Waals surface area contributed by atoms with Gasteiger partial charge >= 0.3 is 24.6 Å². The number of rotatable bonds is 3. The topological polar surface area (TPSA) is 66.9 Å². The molecule has 0 bridgehead atoms. The minimum Gasteiger partial charge on any atom is -0.426 e. The smallest absolute Gasteiger partial charge is 0.426 e. The molecule has 2 aliphatic rings. The summed E-state index contributed by atoms with van der Waals surface area (Å²) in [5.41, 5.74) is 1.74. The van der Waals surface area contributed by atoms with Gasteiger partial charge in [-0.15, -0.1) is 0 Å². The van der Waals surface area contributed by atoms with Gasteiger partial charge in [-0.05, 0) is 43.9 Å². The highest BCUT2D eigenvalue weighted by Gasteiger charge is 2.60. The Hall–Kier alpha value is -3.03. The average molecular weight is 534 g/mol. The number of hydrogen-bond donors (Lipinski definition) is 0. The highest BCUT2D eigenvalue weighted by atomic mass is 19.4. The number of halogens is 6. The second kappa shape index (κ2) is 12.5. The van der Waals surface area contributed by atoms with Gasteiger partial charge in [0.1, 0.15) is 0 Å². The standard InChI is InChI=1S/C24H28F6N2O2.CO2/c1-17(2)8-9-18-6-3-4-7-19(18)16-32-13-5-10-22(32)11-14-31(15-12-22)21(33)34-20(23(25,26)27)24(28,29)30;2-1-3/h3-4,6-7,17,20H,5,10-16H2,1-2H3;. The van der Waals surface area contributed by atoms with Crippen molar-refractivity contribution in [2.45, 2.75) is 70.1 Å². The van der Waals surface area contributed by atoms with Crippen LogP contribution < -0.4 is 0 Å². The maximum absolute atomic E-state index is 12.7. The predicted octanol–water partition coefficient (Wildman–Crippen LogP) is 5.17. The fraction of sp³-hybridized carbons (Fsp3) is 0.600. The molecule has 6 nitrogen and oxygen atoms in total. The maximum Gasteiger partial charge on any atom is 0.434 e. The summed E-state index contributed by atoms with van der Waals surface area (Å²) in [4.78, 5) is 31.6. The predicted molar refractivity (Wildman–Crippen MR) is 119 cm³/mol. The van der Waals surface area contributed by atoms with Crippen LogP contribution in [0.3, 0.4) is 0 Å². The van der Waals surface area contributed by atoms with Gasteiger partial charge in [0, 0.05) is 36.7 Å². The lowest BCUT2D eigenvalue weighted by Crippen LogP contribution is -2.54. The van der Waals surface area contributed by atoms with Crippen LogP contribution in [0.2, 0.25) is 0 Å². The lowest BCUT2D eigenvalue weighted by molar-refractivity contribution is -0.308. The maximum atomic E-state index is 12.7. The molecule has 0 aliphatic carbocycles. The molecule has 0 N–H and O–H groups in total. The van der Waals surface area contributed by atoms with Crippen LogP contribution in [0.4, 0.5) is 31.1 Å². The van der Waals surface area contributed by atoms with Gasteiger partial charge in [-0.1, -0.05) is 43.9 Å². The van der Waals surface area contributed by atoms with Gasteiger partial charge in [-0.3, -0.25) is 4.90 Å². The van der Waals surface area contributed by atoms with E-state index >= 15 is 0 Å². The first-order chi connectivity index (χ1) is 17.2. The van der Waals surface area contributed by atoms with Crippen LogP contribution in [-0.4, -0.2) is 65.7 Å². The molecule has 1 spiro atoms. The van der Waals surface area contributed by atoms with E-state index in [9.17, 15) is 31.1 Å². The number of benzene rings is 1. The highest BCUT2D eigenvalue weighted by molar-refractivity contribution is 5.68. The molecule has 1 aromatic carbocycles. The van der Waals surface area contributed by atoms with Gasteiger partial charge in [0.15, 0.2) is 0 Å². The van der Waals surface area contributed by atoms with E-state index in [1.165, 1.54) is 0 Å².